The van der Waals surface area contributed by atoms with Crippen molar-refractivity contribution in [2.45, 2.75) is 6.92 Å². The van der Waals surface area contributed by atoms with Gasteiger partial charge in [0.1, 0.15) is 0 Å². The third-order valence-electron chi connectivity index (χ3n) is 1.64. The number of hydrogen-bond acceptors (Lipinski definition) is 4. The molecule has 0 unspecified atom stereocenters. The Morgan fingerprint density at radius 2 is 2.14 bits per heavy atom. The molecule has 1 aromatic heterocycles. The second kappa shape index (κ2) is 4.50. The summed E-state index contributed by atoms with van der Waals surface area (Å²) < 4.78 is 0. The van der Waals surface area contributed by atoms with Gasteiger partial charge >= 0.3 is 0 Å². The highest BCUT2D eigenvalue weighted by atomic mass is 16.1. The summed E-state index contributed by atoms with van der Waals surface area (Å²) in [5.41, 5.74) is 1.52. The van der Waals surface area contributed by atoms with Crippen LogP contribution in [0.3, 0.4) is 0 Å². The van der Waals surface area contributed by atoms with Gasteiger partial charge in [0.05, 0.1) is 5.56 Å². The van der Waals surface area contributed by atoms with Crippen LogP contribution in [0.4, 0.5) is 5.95 Å². The van der Waals surface area contributed by atoms with Crippen LogP contribution in [0.1, 0.15) is 17.3 Å². The van der Waals surface area contributed by atoms with Crippen LogP contribution in [-0.2, 0) is 0 Å². The predicted octanol–water partition coefficient (Wildman–Crippen LogP) is 1.30. The van der Waals surface area contributed by atoms with Crippen LogP contribution in [0, 0.1) is 0 Å². The molecule has 0 spiro atoms. The predicted molar refractivity (Wildman–Crippen MR) is 55.5 cm³/mol. The summed E-state index contributed by atoms with van der Waals surface area (Å²) in [6.07, 6.45) is 3.73. The molecule has 0 radical (unpaired) electrons. The van der Waals surface area contributed by atoms with Gasteiger partial charge in [-0.3, -0.25) is 4.79 Å². The fourth-order valence-electron chi connectivity index (χ4n) is 1.06. The number of aromatic nitrogens is 2. The minimum absolute atomic E-state index is 0.484. The van der Waals surface area contributed by atoms with E-state index in [9.17, 15) is 4.79 Å². The summed E-state index contributed by atoms with van der Waals surface area (Å²) in [4.78, 5) is 20.3. The van der Waals surface area contributed by atoms with Crippen LogP contribution in [0.2, 0.25) is 0 Å². The molecule has 0 aliphatic heterocycles. The lowest BCUT2D eigenvalue weighted by atomic mass is 10.3. The highest BCUT2D eigenvalue weighted by Crippen LogP contribution is 2.05. The molecule has 0 amide bonds. The fourth-order valence-corrected chi connectivity index (χ4v) is 1.06. The maximum Gasteiger partial charge on any atom is 0.225 e. The van der Waals surface area contributed by atoms with Gasteiger partial charge in [-0.05, 0) is 6.92 Å². The Morgan fingerprint density at radius 3 is 2.57 bits per heavy atom. The Hall–Kier alpha value is -1.71. The van der Waals surface area contributed by atoms with E-state index in [1.807, 2.05) is 18.9 Å². The van der Waals surface area contributed by atoms with E-state index in [0.29, 0.717) is 18.1 Å². The van der Waals surface area contributed by atoms with E-state index >= 15 is 0 Å². The molecule has 14 heavy (non-hydrogen) atoms. The first-order chi connectivity index (χ1) is 6.63. The maximum atomic E-state index is 10.4. The molecule has 0 atom stereocenters. The summed E-state index contributed by atoms with van der Waals surface area (Å²) in [5, 5.41) is 0. The number of rotatable bonds is 4. The molecular weight excluding hydrogens is 178 g/mol. The van der Waals surface area contributed by atoms with Crippen LogP contribution in [0.15, 0.2) is 24.5 Å². The van der Waals surface area contributed by atoms with Gasteiger partial charge < -0.3 is 4.90 Å². The summed E-state index contributed by atoms with van der Waals surface area (Å²) in [6, 6.07) is 0. The van der Waals surface area contributed by atoms with Crippen molar-refractivity contribution in [3.8, 4) is 0 Å². The molecule has 4 heteroatoms. The van der Waals surface area contributed by atoms with Gasteiger partial charge in [0.25, 0.3) is 0 Å². The van der Waals surface area contributed by atoms with Crippen molar-refractivity contribution in [3.63, 3.8) is 0 Å². The van der Waals surface area contributed by atoms with E-state index in [2.05, 4.69) is 16.5 Å². The molecule has 0 bridgehead atoms. The van der Waals surface area contributed by atoms with Gasteiger partial charge in [-0.15, -0.1) is 0 Å². The van der Waals surface area contributed by atoms with Crippen LogP contribution >= 0.6 is 0 Å². The van der Waals surface area contributed by atoms with Gasteiger partial charge in [-0.1, -0.05) is 12.2 Å². The third-order valence-corrected chi connectivity index (χ3v) is 1.64. The van der Waals surface area contributed by atoms with Crippen molar-refractivity contribution in [1.82, 2.24) is 9.97 Å². The summed E-state index contributed by atoms with van der Waals surface area (Å²) >= 11 is 0. The Labute approximate surface area is 83.3 Å². The molecule has 0 fully saturated rings. The number of carbonyl (C=O) groups excluding carboxylic acids is 1. The highest BCUT2D eigenvalue weighted by molar-refractivity contribution is 5.73. The second-order valence-corrected chi connectivity index (χ2v) is 3.25. The lowest BCUT2D eigenvalue weighted by Gasteiger charge is -2.16. The second-order valence-electron chi connectivity index (χ2n) is 3.25. The lowest BCUT2D eigenvalue weighted by Crippen LogP contribution is -2.21. The summed E-state index contributed by atoms with van der Waals surface area (Å²) in [7, 11) is 1.88. The molecule has 1 rings (SSSR count). The monoisotopic (exact) mass is 191 g/mol. The topological polar surface area (TPSA) is 46.1 Å². The Bertz CT molecular complexity index is 332. The molecule has 4 nitrogen and oxygen atoms in total. The van der Waals surface area contributed by atoms with Crippen molar-refractivity contribution in [3.05, 3.63) is 30.1 Å². The van der Waals surface area contributed by atoms with Gasteiger partial charge in [-0.2, -0.15) is 0 Å². The molecule has 0 aromatic carbocycles. The first-order valence-electron chi connectivity index (χ1n) is 4.26. The van der Waals surface area contributed by atoms with Crippen molar-refractivity contribution in [1.29, 1.82) is 0 Å². The maximum absolute atomic E-state index is 10.4. The quantitative estimate of drug-likeness (QED) is 0.531. The zero-order chi connectivity index (χ0) is 10.6. The molecule has 1 heterocycles. The average molecular weight is 191 g/mol. The van der Waals surface area contributed by atoms with Crippen LogP contribution in [0.5, 0.6) is 0 Å². The Kier molecular flexibility index (Phi) is 3.34. The Balaban J connectivity index is 2.75. The van der Waals surface area contributed by atoms with Gasteiger partial charge in [0, 0.05) is 26.0 Å². The first-order valence-corrected chi connectivity index (χ1v) is 4.26. The third kappa shape index (κ3) is 2.65. The lowest BCUT2D eigenvalue weighted by molar-refractivity contribution is 0.112. The average Bonchev–Trinajstić information content (AvgIpc) is 2.17. The van der Waals surface area contributed by atoms with Crippen LogP contribution in [0.25, 0.3) is 0 Å². The highest BCUT2D eigenvalue weighted by Gasteiger charge is 2.03. The van der Waals surface area contributed by atoms with Crippen LogP contribution < -0.4 is 4.90 Å². The fraction of sp³-hybridized carbons (Fsp3) is 0.300. The van der Waals surface area contributed by atoms with E-state index in [0.717, 1.165) is 11.9 Å². The van der Waals surface area contributed by atoms with Crippen LogP contribution in [-0.4, -0.2) is 29.8 Å². The SMILES string of the molecule is C=C(C)CN(C)c1ncc(C=O)cn1. The Morgan fingerprint density at radius 1 is 1.57 bits per heavy atom. The standard InChI is InChI=1S/C10H13N3O/c1-8(2)6-13(3)10-11-4-9(7-14)5-12-10/h4-5,7H,1,6H2,2-3H3. The molecule has 0 saturated carbocycles. The van der Waals surface area contributed by atoms with Crippen molar-refractivity contribution >= 4 is 12.2 Å². The van der Waals surface area contributed by atoms with Gasteiger partial charge in [0.15, 0.2) is 6.29 Å². The van der Waals surface area contributed by atoms with Crippen molar-refractivity contribution in [2.24, 2.45) is 0 Å². The molecular formula is C10H13N3O. The molecule has 0 aliphatic carbocycles. The molecule has 0 N–H and O–H groups in total. The minimum Gasteiger partial charge on any atom is -0.340 e. The molecule has 0 aliphatic rings. The smallest absolute Gasteiger partial charge is 0.225 e. The normalized spacial score (nSPS) is 9.57. The van der Waals surface area contributed by atoms with Gasteiger partial charge in [0.2, 0.25) is 5.95 Å². The molecule has 0 saturated heterocycles. The number of carbonyl (C=O) groups is 1. The van der Waals surface area contributed by atoms with E-state index in [-0.39, 0.29) is 0 Å². The summed E-state index contributed by atoms with van der Waals surface area (Å²) in [6.45, 7) is 6.45. The van der Waals surface area contributed by atoms with E-state index in [1.165, 1.54) is 12.4 Å². The minimum atomic E-state index is 0.484. The number of anilines is 1. The number of aldehydes is 1. The zero-order valence-corrected chi connectivity index (χ0v) is 8.40. The number of hydrogen-bond donors (Lipinski definition) is 0. The van der Waals surface area contributed by atoms with E-state index in [1.54, 1.807) is 0 Å². The summed E-state index contributed by atoms with van der Waals surface area (Å²) in [5.74, 6) is 0.596. The van der Waals surface area contributed by atoms with E-state index in [4.69, 9.17) is 0 Å². The van der Waals surface area contributed by atoms with Crippen molar-refractivity contribution in [2.75, 3.05) is 18.5 Å². The molecule has 74 valence electrons. The van der Waals surface area contributed by atoms with Gasteiger partial charge in [-0.25, -0.2) is 9.97 Å². The number of likely N-dealkylation sites (N-methyl/N-ethyl adjacent to an activating group) is 1. The number of nitrogens with zero attached hydrogens (tertiary/aromatic N) is 3. The largest absolute Gasteiger partial charge is 0.340 e. The van der Waals surface area contributed by atoms with Crippen molar-refractivity contribution < 1.29 is 4.79 Å². The zero-order valence-electron chi connectivity index (χ0n) is 8.40. The molecule has 1 aromatic rings. The van der Waals surface area contributed by atoms with E-state index < -0.39 is 0 Å². The first kappa shape index (κ1) is 10.4.